The van der Waals surface area contributed by atoms with E-state index in [-0.39, 0.29) is 5.56 Å². The lowest BCUT2D eigenvalue weighted by Crippen LogP contribution is -2.24. The van der Waals surface area contributed by atoms with Crippen LogP contribution < -0.4 is 5.56 Å². The minimum Gasteiger partial charge on any atom is -0.409 e. The molecule has 2 heterocycles. The van der Waals surface area contributed by atoms with Crippen LogP contribution in [0.5, 0.6) is 0 Å². The molecule has 0 saturated heterocycles. The highest BCUT2D eigenvalue weighted by Crippen LogP contribution is 2.28. The number of hydrogen-bond acceptors (Lipinski definition) is 6. The lowest BCUT2D eigenvalue weighted by atomic mass is 10.1. The smallest absolute Gasteiger partial charge is 0.277 e. The van der Waals surface area contributed by atoms with Crippen LogP contribution in [0.25, 0.3) is 22.4 Å². The minimum atomic E-state index is -0.151. The number of aryl methyl sites for hydroxylation is 1. The van der Waals surface area contributed by atoms with E-state index in [1.165, 1.54) is 27.6 Å². The van der Waals surface area contributed by atoms with E-state index in [0.29, 0.717) is 34.1 Å². The highest BCUT2D eigenvalue weighted by molar-refractivity contribution is 7.98. The van der Waals surface area contributed by atoms with Crippen LogP contribution in [0, 0.1) is 6.92 Å². The molecular formula is C25H20N4O2S. The van der Waals surface area contributed by atoms with Gasteiger partial charge in [-0.25, -0.2) is 4.68 Å². The van der Waals surface area contributed by atoms with E-state index in [0.717, 1.165) is 11.3 Å². The van der Waals surface area contributed by atoms with E-state index < -0.39 is 0 Å². The molecule has 0 radical (unpaired) electrons. The Hall–Kier alpha value is -3.71. The van der Waals surface area contributed by atoms with E-state index >= 15 is 0 Å². The molecule has 0 aliphatic rings. The second-order valence-corrected chi connectivity index (χ2v) is 8.42. The maximum Gasteiger partial charge on any atom is 0.277 e. The predicted octanol–water partition coefficient (Wildman–Crippen LogP) is 5.10. The van der Waals surface area contributed by atoms with Gasteiger partial charge in [0.15, 0.2) is 5.69 Å². The summed E-state index contributed by atoms with van der Waals surface area (Å²) in [4.78, 5) is 13.0. The first kappa shape index (κ1) is 20.2. The molecule has 7 heteroatoms. The average molecular weight is 441 g/mol. The molecule has 0 N–H and O–H groups in total. The Morgan fingerprint density at radius 2 is 1.62 bits per heavy atom. The molecule has 6 nitrogen and oxygen atoms in total. The molecule has 0 fully saturated rings. The molecule has 3 aromatic carbocycles. The Labute approximate surface area is 188 Å². The van der Waals surface area contributed by atoms with Gasteiger partial charge in [0.1, 0.15) is 0 Å². The third kappa shape index (κ3) is 4.20. The first-order valence-corrected chi connectivity index (χ1v) is 11.2. The summed E-state index contributed by atoms with van der Waals surface area (Å²) >= 11 is 1.48. The SMILES string of the molecule is Cc1cccc(CSc2nnc(-c3nn(Cc4ccccc4)c(=O)c4ccccc34)o2)c1. The molecule has 32 heavy (non-hydrogen) atoms. The molecule has 0 aliphatic carbocycles. The van der Waals surface area contributed by atoms with Gasteiger partial charge in [-0.1, -0.05) is 90.1 Å². The zero-order valence-electron chi connectivity index (χ0n) is 17.4. The fraction of sp³-hybridized carbons (Fsp3) is 0.120. The molecule has 158 valence electrons. The van der Waals surface area contributed by atoms with Crippen LogP contribution in [0.15, 0.2) is 93.3 Å². The highest BCUT2D eigenvalue weighted by Gasteiger charge is 2.18. The van der Waals surface area contributed by atoms with Gasteiger partial charge in [0.05, 0.1) is 11.9 Å². The van der Waals surface area contributed by atoms with Crippen molar-refractivity contribution in [3.63, 3.8) is 0 Å². The second kappa shape index (κ2) is 8.80. The van der Waals surface area contributed by atoms with Crippen molar-refractivity contribution in [1.82, 2.24) is 20.0 Å². The average Bonchev–Trinajstić information content (AvgIpc) is 3.29. The van der Waals surface area contributed by atoms with Gasteiger partial charge < -0.3 is 4.42 Å². The van der Waals surface area contributed by atoms with Crippen LogP contribution >= 0.6 is 11.8 Å². The third-order valence-electron chi connectivity index (χ3n) is 5.10. The zero-order valence-corrected chi connectivity index (χ0v) is 18.2. The number of benzene rings is 3. The monoisotopic (exact) mass is 440 g/mol. The van der Waals surface area contributed by atoms with Gasteiger partial charge in [-0.3, -0.25) is 4.79 Å². The standard InChI is InChI=1S/C25H20N4O2S/c1-17-8-7-11-19(14-17)16-32-25-27-26-23(31-25)22-20-12-5-6-13-21(20)24(30)29(28-22)15-18-9-3-2-4-10-18/h2-14H,15-16H2,1H3. The van der Waals surface area contributed by atoms with Gasteiger partial charge in [-0.2, -0.15) is 5.10 Å². The van der Waals surface area contributed by atoms with Gasteiger partial charge in [-0.15, -0.1) is 10.2 Å². The van der Waals surface area contributed by atoms with Gasteiger partial charge >= 0.3 is 0 Å². The first-order valence-electron chi connectivity index (χ1n) is 10.2. The number of fused-ring (bicyclic) bond motifs is 1. The van der Waals surface area contributed by atoms with Crippen molar-refractivity contribution < 1.29 is 4.42 Å². The van der Waals surface area contributed by atoms with Crippen molar-refractivity contribution in [3.05, 3.63) is 106 Å². The predicted molar refractivity (Wildman–Crippen MR) is 126 cm³/mol. The van der Waals surface area contributed by atoms with E-state index in [1.54, 1.807) is 6.07 Å². The molecule has 0 spiro atoms. The molecule has 2 aromatic heterocycles. The molecule has 0 bridgehead atoms. The van der Waals surface area contributed by atoms with E-state index in [9.17, 15) is 4.79 Å². The lowest BCUT2D eigenvalue weighted by molar-refractivity contribution is 0.462. The summed E-state index contributed by atoms with van der Waals surface area (Å²) in [5, 5.41) is 14.8. The van der Waals surface area contributed by atoms with Gasteiger partial charge in [-0.05, 0) is 24.1 Å². The topological polar surface area (TPSA) is 73.8 Å². The highest BCUT2D eigenvalue weighted by atomic mass is 32.2. The van der Waals surface area contributed by atoms with E-state index in [1.807, 2.05) is 54.6 Å². The Morgan fingerprint density at radius 3 is 2.44 bits per heavy atom. The largest absolute Gasteiger partial charge is 0.409 e. The molecule has 0 saturated carbocycles. The summed E-state index contributed by atoms with van der Waals surface area (Å²) in [6.07, 6.45) is 0. The van der Waals surface area contributed by atoms with Gasteiger partial charge in [0, 0.05) is 11.1 Å². The maximum atomic E-state index is 13.0. The van der Waals surface area contributed by atoms with Crippen LogP contribution in [0.2, 0.25) is 0 Å². The second-order valence-electron chi connectivity index (χ2n) is 7.49. The first-order chi connectivity index (χ1) is 15.7. The van der Waals surface area contributed by atoms with Crippen molar-refractivity contribution in [2.45, 2.75) is 24.4 Å². The van der Waals surface area contributed by atoms with Crippen molar-refractivity contribution in [2.24, 2.45) is 0 Å². The van der Waals surface area contributed by atoms with Crippen LogP contribution in [-0.2, 0) is 12.3 Å². The Kier molecular flexibility index (Phi) is 5.56. The molecule has 0 aliphatic heterocycles. The number of thioether (sulfide) groups is 1. The van der Waals surface area contributed by atoms with Crippen LogP contribution in [-0.4, -0.2) is 20.0 Å². The molecule has 0 amide bonds. The fourth-order valence-corrected chi connectivity index (χ4v) is 4.27. The summed E-state index contributed by atoms with van der Waals surface area (Å²) < 4.78 is 7.39. The quantitative estimate of drug-likeness (QED) is 0.342. The molecule has 5 rings (SSSR count). The number of aromatic nitrogens is 4. The van der Waals surface area contributed by atoms with Crippen LogP contribution in [0.4, 0.5) is 0 Å². The van der Waals surface area contributed by atoms with Crippen molar-refractivity contribution in [1.29, 1.82) is 0 Å². The Bertz CT molecular complexity index is 1440. The van der Waals surface area contributed by atoms with Crippen LogP contribution in [0.1, 0.15) is 16.7 Å². The minimum absolute atomic E-state index is 0.151. The fourth-order valence-electron chi connectivity index (χ4n) is 3.57. The molecule has 0 unspecified atom stereocenters. The van der Waals surface area contributed by atoms with Gasteiger partial charge in [0.25, 0.3) is 16.7 Å². The lowest BCUT2D eigenvalue weighted by Gasteiger charge is -2.09. The Balaban J connectivity index is 1.49. The summed E-state index contributed by atoms with van der Waals surface area (Å²) in [5.41, 5.74) is 3.75. The summed E-state index contributed by atoms with van der Waals surface area (Å²) in [6.45, 7) is 2.43. The number of nitrogens with zero attached hydrogens (tertiary/aromatic N) is 4. The van der Waals surface area contributed by atoms with Gasteiger partial charge in [0.2, 0.25) is 0 Å². The van der Waals surface area contributed by atoms with E-state index in [2.05, 4.69) is 40.4 Å². The summed E-state index contributed by atoms with van der Waals surface area (Å²) in [7, 11) is 0. The van der Waals surface area contributed by atoms with Crippen molar-refractivity contribution in [2.75, 3.05) is 0 Å². The summed E-state index contributed by atoms with van der Waals surface area (Å²) in [5.74, 6) is 1.03. The zero-order chi connectivity index (χ0) is 21.9. The molecular weight excluding hydrogens is 420 g/mol. The molecule has 5 aromatic rings. The van der Waals surface area contributed by atoms with Crippen LogP contribution in [0.3, 0.4) is 0 Å². The van der Waals surface area contributed by atoms with E-state index in [4.69, 9.17) is 4.42 Å². The molecule has 0 atom stereocenters. The summed E-state index contributed by atoms with van der Waals surface area (Å²) in [6, 6.07) is 25.5. The normalized spacial score (nSPS) is 11.2. The number of hydrogen-bond donors (Lipinski definition) is 0. The number of rotatable bonds is 6. The van der Waals surface area contributed by atoms with Crippen molar-refractivity contribution in [3.8, 4) is 11.6 Å². The van der Waals surface area contributed by atoms with Crippen molar-refractivity contribution >= 4 is 22.5 Å². The Morgan fingerprint density at radius 1 is 0.875 bits per heavy atom. The third-order valence-corrected chi connectivity index (χ3v) is 5.99. The maximum absolute atomic E-state index is 13.0.